The first kappa shape index (κ1) is 17.3. The summed E-state index contributed by atoms with van der Waals surface area (Å²) in [5.41, 5.74) is 0.597. The molecule has 0 radical (unpaired) electrons. The van der Waals surface area contributed by atoms with Gasteiger partial charge >= 0.3 is 0 Å². The van der Waals surface area contributed by atoms with Crippen LogP contribution in [0, 0.1) is 5.92 Å². The summed E-state index contributed by atoms with van der Waals surface area (Å²) < 4.78 is 0. The van der Waals surface area contributed by atoms with E-state index in [0.29, 0.717) is 34.8 Å². The van der Waals surface area contributed by atoms with Crippen LogP contribution in [0.5, 0.6) is 0 Å². The van der Waals surface area contributed by atoms with E-state index in [2.05, 4.69) is 22.5 Å². The van der Waals surface area contributed by atoms with Crippen molar-refractivity contribution in [2.45, 2.75) is 32.1 Å². The van der Waals surface area contributed by atoms with Crippen molar-refractivity contribution in [2.24, 2.45) is 10.9 Å². The zero-order valence-electron chi connectivity index (χ0n) is 13.5. The number of benzene rings is 1. The van der Waals surface area contributed by atoms with E-state index in [4.69, 9.17) is 23.2 Å². The van der Waals surface area contributed by atoms with Crippen molar-refractivity contribution in [1.29, 1.82) is 0 Å². The Morgan fingerprint density at radius 1 is 1.17 bits per heavy atom. The average Bonchev–Trinajstić information content (AvgIpc) is 2.98. The van der Waals surface area contributed by atoms with Crippen molar-refractivity contribution in [3.05, 3.63) is 40.4 Å². The summed E-state index contributed by atoms with van der Waals surface area (Å²) in [5.74, 6) is 0.756. The molecule has 1 unspecified atom stereocenters. The molecule has 0 spiro atoms. The number of allylic oxidation sites excluding steroid dienone is 2. The predicted octanol–water partition coefficient (Wildman–Crippen LogP) is 4.74. The quantitative estimate of drug-likeness (QED) is 0.769. The van der Waals surface area contributed by atoms with Crippen LogP contribution in [0.25, 0.3) is 0 Å². The number of carbonyl (C=O) groups is 1. The largest absolute Gasteiger partial charge is 0.323 e. The molecule has 0 saturated carbocycles. The van der Waals surface area contributed by atoms with Crippen molar-refractivity contribution in [1.82, 2.24) is 4.90 Å². The van der Waals surface area contributed by atoms with Gasteiger partial charge in [-0.1, -0.05) is 41.4 Å². The highest BCUT2D eigenvalue weighted by Gasteiger charge is 2.30. The Morgan fingerprint density at radius 2 is 1.92 bits per heavy atom. The molecule has 1 aromatic rings. The Balaban J connectivity index is 1.73. The number of guanidine groups is 1. The summed E-state index contributed by atoms with van der Waals surface area (Å²) in [4.78, 5) is 19.1. The molecule has 0 fully saturated rings. The van der Waals surface area contributed by atoms with Crippen LogP contribution in [0.15, 0.2) is 35.3 Å². The number of carbonyl (C=O) groups excluding carboxylic acids is 1. The lowest BCUT2D eigenvalue weighted by molar-refractivity contribution is -0.131. The monoisotopic (exact) mass is 365 g/mol. The molecule has 0 saturated heterocycles. The van der Waals surface area contributed by atoms with Gasteiger partial charge in [-0.05, 0) is 44.2 Å². The number of halogens is 2. The first-order valence-corrected chi connectivity index (χ1v) is 9.14. The van der Waals surface area contributed by atoms with Crippen molar-refractivity contribution in [2.75, 3.05) is 18.4 Å². The van der Waals surface area contributed by atoms with Gasteiger partial charge in [0.2, 0.25) is 11.9 Å². The maximum atomic E-state index is 13.0. The summed E-state index contributed by atoms with van der Waals surface area (Å²) in [6.45, 7) is 1.21. The third-order valence-corrected chi connectivity index (χ3v) is 5.06. The molecular formula is C18H21Cl2N3O. The second kappa shape index (κ2) is 8.04. The van der Waals surface area contributed by atoms with E-state index in [1.165, 1.54) is 0 Å². The fourth-order valence-corrected chi connectivity index (χ4v) is 3.62. The maximum absolute atomic E-state index is 13.0. The minimum atomic E-state index is 0.0572. The molecule has 1 aliphatic heterocycles. The number of hydrogen-bond acceptors (Lipinski definition) is 3. The summed E-state index contributed by atoms with van der Waals surface area (Å²) in [6.07, 6.45) is 9.28. The van der Waals surface area contributed by atoms with E-state index >= 15 is 0 Å². The molecule has 6 heteroatoms. The van der Waals surface area contributed by atoms with Crippen LogP contribution < -0.4 is 5.32 Å². The lowest BCUT2D eigenvalue weighted by Crippen LogP contribution is -2.42. The molecule has 1 aliphatic carbocycles. The Bertz CT molecular complexity index is 652. The first-order chi connectivity index (χ1) is 11.7. The van der Waals surface area contributed by atoms with Crippen molar-refractivity contribution in [3.63, 3.8) is 0 Å². The van der Waals surface area contributed by atoms with Gasteiger partial charge in [-0.3, -0.25) is 14.7 Å². The molecule has 24 heavy (non-hydrogen) atoms. The van der Waals surface area contributed by atoms with Crippen LogP contribution in [0.3, 0.4) is 0 Å². The lowest BCUT2D eigenvalue weighted by Gasteiger charge is -2.25. The van der Waals surface area contributed by atoms with Gasteiger partial charge in [-0.2, -0.15) is 0 Å². The smallest absolute Gasteiger partial charge is 0.232 e. The van der Waals surface area contributed by atoms with Crippen molar-refractivity contribution < 1.29 is 4.79 Å². The van der Waals surface area contributed by atoms with Gasteiger partial charge in [0.25, 0.3) is 0 Å². The van der Waals surface area contributed by atoms with E-state index in [1.807, 2.05) is 0 Å². The molecule has 0 bridgehead atoms. The molecule has 1 amide bonds. The predicted molar refractivity (Wildman–Crippen MR) is 99.8 cm³/mol. The molecule has 3 rings (SSSR count). The number of rotatable bonds is 2. The van der Waals surface area contributed by atoms with Gasteiger partial charge in [0, 0.05) is 12.5 Å². The lowest BCUT2D eigenvalue weighted by atomic mass is 9.93. The fourth-order valence-electron chi connectivity index (χ4n) is 3.12. The van der Waals surface area contributed by atoms with Crippen molar-refractivity contribution >= 4 is 40.8 Å². The van der Waals surface area contributed by atoms with Gasteiger partial charge in [0.05, 0.1) is 22.3 Å². The van der Waals surface area contributed by atoms with Crippen LogP contribution in [-0.2, 0) is 4.79 Å². The Labute approximate surface area is 152 Å². The summed E-state index contributed by atoms with van der Waals surface area (Å²) >= 11 is 12.4. The number of nitrogens with one attached hydrogen (secondary N) is 1. The summed E-state index contributed by atoms with van der Waals surface area (Å²) in [7, 11) is 0. The zero-order chi connectivity index (χ0) is 16.9. The van der Waals surface area contributed by atoms with Gasteiger partial charge in [-0.25, -0.2) is 0 Å². The Morgan fingerprint density at radius 3 is 2.71 bits per heavy atom. The van der Waals surface area contributed by atoms with E-state index < -0.39 is 0 Å². The summed E-state index contributed by atoms with van der Waals surface area (Å²) in [6, 6.07) is 5.31. The van der Waals surface area contributed by atoms with Gasteiger partial charge < -0.3 is 5.32 Å². The van der Waals surface area contributed by atoms with Gasteiger partial charge in [0.15, 0.2) is 0 Å². The normalized spacial score (nSPS) is 21.2. The molecule has 1 N–H and O–H groups in total. The minimum Gasteiger partial charge on any atom is -0.323 e. The standard InChI is InChI=1S/C18H21Cl2N3O/c19-14-9-6-10-15(20)16(14)22-18-21-11-12-23(18)17(24)13-7-4-2-1-3-5-8-13/h1-2,6,9-10,13H,3-5,7-8,11-12H2,(H,21,22). The third-order valence-electron chi connectivity index (χ3n) is 4.43. The second-order valence-electron chi connectivity index (χ2n) is 6.09. The maximum Gasteiger partial charge on any atom is 0.232 e. The SMILES string of the molecule is O=C(C1CCC=CCCC1)N1CCN=C1Nc1c(Cl)cccc1Cl. The third kappa shape index (κ3) is 3.93. The molecule has 0 aromatic heterocycles. The highest BCUT2D eigenvalue weighted by atomic mass is 35.5. The van der Waals surface area contributed by atoms with E-state index in [-0.39, 0.29) is 11.8 Å². The van der Waals surface area contributed by atoms with Crippen LogP contribution in [0.1, 0.15) is 32.1 Å². The fraction of sp³-hybridized carbons (Fsp3) is 0.444. The molecule has 1 heterocycles. The van der Waals surface area contributed by atoms with Crippen molar-refractivity contribution in [3.8, 4) is 0 Å². The average molecular weight is 366 g/mol. The number of nitrogens with zero attached hydrogens (tertiary/aromatic N) is 2. The van der Waals surface area contributed by atoms with Crippen LogP contribution >= 0.6 is 23.2 Å². The molecule has 2 aliphatic rings. The van der Waals surface area contributed by atoms with Crippen LogP contribution in [0.2, 0.25) is 10.0 Å². The van der Waals surface area contributed by atoms with Crippen LogP contribution in [0.4, 0.5) is 5.69 Å². The number of para-hydroxylation sites is 1. The molecule has 4 nitrogen and oxygen atoms in total. The first-order valence-electron chi connectivity index (χ1n) is 8.38. The molecule has 1 atom stereocenters. The topological polar surface area (TPSA) is 44.7 Å². The number of aliphatic imine (C=N–C) groups is 1. The van der Waals surface area contributed by atoms with Crippen LogP contribution in [-0.4, -0.2) is 29.9 Å². The van der Waals surface area contributed by atoms with E-state index in [0.717, 1.165) is 32.1 Å². The van der Waals surface area contributed by atoms with Gasteiger partial charge in [0.1, 0.15) is 0 Å². The van der Waals surface area contributed by atoms with E-state index in [1.54, 1.807) is 23.1 Å². The molecule has 128 valence electrons. The minimum absolute atomic E-state index is 0.0572. The Hall–Kier alpha value is -1.52. The summed E-state index contributed by atoms with van der Waals surface area (Å²) in [5, 5.41) is 4.18. The number of hydrogen-bond donors (Lipinski definition) is 1. The highest BCUT2D eigenvalue weighted by molar-refractivity contribution is 6.39. The highest BCUT2D eigenvalue weighted by Crippen LogP contribution is 2.31. The zero-order valence-corrected chi connectivity index (χ0v) is 15.0. The Kier molecular flexibility index (Phi) is 5.80. The van der Waals surface area contributed by atoms with Gasteiger partial charge in [-0.15, -0.1) is 0 Å². The molecular weight excluding hydrogens is 345 g/mol. The number of anilines is 1. The molecule has 1 aromatic carbocycles. The number of amides is 1. The van der Waals surface area contributed by atoms with E-state index in [9.17, 15) is 4.79 Å². The second-order valence-corrected chi connectivity index (χ2v) is 6.91.